The highest BCUT2D eigenvalue weighted by atomic mass is 19.4. The Morgan fingerprint density at radius 3 is 2.53 bits per heavy atom. The number of hydrogen-bond acceptors (Lipinski definition) is 3. The maximum atomic E-state index is 12.6. The van der Waals surface area contributed by atoms with Gasteiger partial charge in [0.2, 0.25) is 0 Å². The summed E-state index contributed by atoms with van der Waals surface area (Å²) in [7, 11) is 1.26. The molecule has 0 aliphatic carbocycles. The average molecular weight is 243 g/mol. The zero-order chi connectivity index (χ0) is 13.1. The summed E-state index contributed by atoms with van der Waals surface area (Å²) >= 11 is 0. The van der Waals surface area contributed by atoms with Gasteiger partial charge in [-0.05, 0) is 12.1 Å². The minimum atomic E-state index is -4.63. The summed E-state index contributed by atoms with van der Waals surface area (Å²) in [6.07, 6.45) is -4.86. The van der Waals surface area contributed by atoms with Crippen LogP contribution in [0.3, 0.4) is 0 Å². The van der Waals surface area contributed by atoms with E-state index >= 15 is 0 Å². The summed E-state index contributed by atoms with van der Waals surface area (Å²) in [5, 5.41) is 8.55. The van der Waals surface area contributed by atoms with E-state index < -0.39 is 17.3 Å². The molecule has 0 heterocycles. The van der Waals surface area contributed by atoms with Crippen LogP contribution in [-0.2, 0) is 12.6 Å². The Morgan fingerprint density at radius 1 is 1.47 bits per heavy atom. The van der Waals surface area contributed by atoms with E-state index in [2.05, 4.69) is 0 Å². The van der Waals surface area contributed by atoms with E-state index in [0.717, 1.165) is 12.1 Å². The van der Waals surface area contributed by atoms with Crippen LogP contribution < -0.4 is 4.74 Å². The lowest BCUT2D eigenvalue weighted by Gasteiger charge is -2.14. The predicted octanol–water partition coefficient (Wildman–Crippen LogP) is 2.59. The van der Waals surface area contributed by atoms with Gasteiger partial charge in [-0.25, -0.2) is 0 Å². The molecule has 0 bridgehead atoms. The monoisotopic (exact) mass is 243 g/mol. The summed E-state index contributed by atoms with van der Waals surface area (Å²) in [4.78, 5) is 10.8. The molecule has 0 spiro atoms. The van der Waals surface area contributed by atoms with Crippen molar-refractivity contribution in [3.8, 4) is 11.8 Å². The number of carbonyl (C=O) groups excluding carboxylic acids is 1. The molecule has 0 atom stereocenters. The first kappa shape index (κ1) is 13.0. The number of aldehydes is 1. The number of methoxy groups -OCH3 is 1. The lowest BCUT2D eigenvalue weighted by atomic mass is 9.98. The molecule has 1 aromatic rings. The van der Waals surface area contributed by atoms with Crippen molar-refractivity contribution in [2.24, 2.45) is 0 Å². The Morgan fingerprint density at radius 2 is 2.12 bits per heavy atom. The molecule has 0 radical (unpaired) electrons. The second kappa shape index (κ2) is 4.87. The molecule has 0 N–H and O–H groups in total. The van der Waals surface area contributed by atoms with Gasteiger partial charge in [-0.2, -0.15) is 18.4 Å². The zero-order valence-electron chi connectivity index (χ0n) is 8.84. The molecule has 0 amide bonds. The standard InChI is InChI=1S/C11H8F3NO2/c1-17-10-3-2-9(11(12,13)14)8(6-16)7(10)4-5-15/h2-3,6H,4H2,1H3. The Labute approximate surface area is 95.4 Å². The lowest BCUT2D eigenvalue weighted by molar-refractivity contribution is -0.137. The summed E-state index contributed by atoms with van der Waals surface area (Å²) in [6.45, 7) is 0. The van der Waals surface area contributed by atoms with Gasteiger partial charge in [0, 0.05) is 11.1 Å². The van der Waals surface area contributed by atoms with Gasteiger partial charge in [0.15, 0.2) is 6.29 Å². The Bertz CT molecular complexity index is 475. The number of nitriles is 1. The Balaban J connectivity index is 3.53. The maximum Gasteiger partial charge on any atom is 0.417 e. The highest BCUT2D eigenvalue weighted by Gasteiger charge is 2.35. The number of alkyl halides is 3. The van der Waals surface area contributed by atoms with Crippen molar-refractivity contribution in [1.82, 2.24) is 0 Å². The first-order valence-electron chi connectivity index (χ1n) is 4.55. The van der Waals surface area contributed by atoms with Gasteiger partial charge in [-0.1, -0.05) is 0 Å². The first-order chi connectivity index (χ1) is 7.95. The van der Waals surface area contributed by atoms with Crippen LogP contribution >= 0.6 is 0 Å². The number of halogens is 3. The van der Waals surface area contributed by atoms with Crippen molar-refractivity contribution in [2.75, 3.05) is 7.11 Å². The molecule has 0 aromatic heterocycles. The molecule has 0 fully saturated rings. The number of carbonyl (C=O) groups is 1. The van der Waals surface area contributed by atoms with E-state index in [-0.39, 0.29) is 24.0 Å². The second-order valence-electron chi connectivity index (χ2n) is 3.16. The van der Waals surface area contributed by atoms with Gasteiger partial charge in [-0.3, -0.25) is 4.79 Å². The van der Waals surface area contributed by atoms with Gasteiger partial charge in [0.25, 0.3) is 0 Å². The smallest absolute Gasteiger partial charge is 0.417 e. The van der Waals surface area contributed by atoms with Gasteiger partial charge in [0.1, 0.15) is 5.75 Å². The van der Waals surface area contributed by atoms with E-state index in [1.54, 1.807) is 6.07 Å². The number of benzene rings is 1. The predicted molar refractivity (Wildman–Crippen MR) is 52.7 cm³/mol. The summed E-state index contributed by atoms with van der Waals surface area (Å²) < 4.78 is 42.7. The molecule has 0 unspecified atom stereocenters. The van der Waals surface area contributed by atoms with Crippen molar-refractivity contribution >= 4 is 6.29 Å². The molecule has 0 aliphatic heterocycles. The molecule has 17 heavy (non-hydrogen) atoms. The molecular formula is C11H8F3NO2. The number of ether oxygens (including phenoxy) is 1. The first-order valence-corrected chi connectivity index (χ1v) is 4.55. The fraction of sp³-hybridized carbons (Fsp3) is 0.273. The molecule has 1 aromatic carbocycles. The minimum Gasteiger partial charge on any atom is -0.496 e. The minimum absolute atomic E-state index is 0.0418. The van der Waals surface area contributed by atoms with Gasteiger partial charge in [0.05, 0.1) is 25.2 Å². The van der Waals surface area contributed by atoms with Crippen LogP contribution in [0.25, 0.3) is 0 Å². The summed E-state index contributed by atoms with van der Waals surface area (Å²) in [6, 6.07) is 3.57. The van der Waals surface area contributed by atoms with E-state index in [0.29, 0.717) is 0 Å². The third kappa shape index (κ3) is 2.56. The van der Waals surface area contributed by atoms with Crippen molar-refractivity contribution in [1.29, 1.82) is 5.26 Å². The molecule has 1 rings (SSSR count). The highest BCUT2D eigenvalue weighted by Crippen LogP contribution is 2.36. The van der Waals surface area contributed by atoms with Gasteiger partial charge in [-0.15, -0.1) is 0 Å². The normalized spacial score (nSPS) is 10.8. The molecule has 6 heteroatoms. The second-order valence-corrected chi connectivity index (χ2v) is 3.16. The number of hydrogen-bond donors (Lipinski definition) is 0. The summed E-state index contributed by atoms with van der Waals surface area (Å²) in [5.41, 5.74) is -1.64. The molecule has 0 saturated heterocycles. The number of nitrogens with zero attached hydrogens (tertiary/aromatic N) is 1. The number of rotatable bonds is 3. The van der Waals surface area contributed by atoms with E-state index in [1.807, 2.05) is 0 Å². The zero-order valence-corrected chi connectivity index (χ0v) is 8.84. The van der Waals surface area contributed by atoms with Crippen LogP contribution in [0.1, 0.15) is 21.5 Å². The van der Waals surface area contributed by atoms with Crippen molar-refractivity contribution in [3.05, 3.63) is 28.8 Å². The lowest BCUT2D eigenvalue weighted by Crippen LogP contribution is -2.11. The van der Waals surface area contributed by atoms with E-state index in [4.69, 9.17) is 10.00 Å². The molecule has 0 saturated carbocycles. The fourth-order valence-electron chi connectivity index (χ4n) is 1.48. The van der Waals surface area contributed by atoms with Crippen LogP contribution in [0.2, 0.25) is 0 Å². The molecule has 0 aliphatic rings. The third-order valence-corrected chi connectivity index (χ3v) is 2.21. The van der Waals surface area contributed by atoms with Crippen LogP contribution in [0.4, 0.5) is 13.2 Å². The van der Waals surface area contributed by atoms with E-state index in [9.17, 15) is 18.0 Å². The largest absolute Gasteiger partial charge is 0.496 e. The Hall–Kier alpha value is -2.03. The van der Waals surface area contributed by atoms with Crippen LogP contribution in [0, 0.1) is 11.3 Å². The van der Waals surface area contributed by atoms with Crippen molar-refractivity contribution in [3.63, 3.8) is 0 Å². The molecular weight excluding hydrogens is 235 g/mol. The highest BCUT2D eigenvalue weighted by molar-refractivity contribution is 5.82. The van der Waals surface area contributed by atoms with Crippen molar-refractivity contribution < 1.29 is 22.7 Å². The third-order valence-electron chi connectivity index (χ3n) is 2.21. The van der Waals surface area contributed by atoms with E-state index in [1.165, 1.54) is 7.11 Å². The van der Waals surface area contributed by atoms with Crippen molar-refractivity contribution in [2.45, 2.75) is 12.6 Å². The fourth-order valence-corrected chi connectivity index (χ4v) is 1.48. The van der Waals surface area contributed by atoms with Crippen LogP contribution in [0.15, 0.2) is 12.1 Å². The Kier molecular flexibility index (Phi) is 3.73. The van der Waals surface area contributed by atoms with Gasteiger partial charge >= 0.3 is 6.18 Å². The van der Waals surface area contributed by atoms with Gasteiger partial charge < -0.3 is 4.74 Å². The summed E-state index contributed by atoms with van der Waals surface area (Å²) in [5.74, 6) is 0.0988. The molecule has 90 valence electrons. The average Bonchev–Trinajstić information content (AvgIpc) is 2.27. The topological polar surface area (TPSA) is 50.1 Å². The van der Waals surface area contributed by atoms with Crippen LogP contribution in [-0.4, -0.2) is 13.4 Å². The SMILES string of the molecule is COc1ccc(C(F)(F)F)c(C=O)c1CC#N. The van der Waals surface area contributed by atoms with Crippen LogP contribution in [0.5, 0.6) is 5.75 Å². The maximum absolute atomic E-state index is 12.6. The molecule has 3 nitrogen and oxygen atoms in total. The quantitative estimate of drug-likeness (QED) is 0.766.